The van der Waals surface area contributed by atoms with Gasteiger partial charge in [-0.3, -0.25) is 14.5 Å². The van der Waals surface area contributed by atoms with Crippen molar-refractivity contribution in [2.24, 2.45) is 11.3 Å². The molecule has 0 amide bonds. The number of esters is 1. The number of benzene rings is 1. The molecule has 29 heavy (non-hydrogen) atoms. The molecule has 6 heteroatoms. The minimum atomic E-state index is -0.108. The van der Waals surface area contributed by atoms with Gasteiger partial charge >= 0.3 is 5.97 Å². The summed E-state index contributed by atoms with van der Waals surface area (Å²) >= 11 is 0. The predicted molar refractivity (Wildman–Crippen MR) is 108 cm³/mol. The molecule has 0 bridgehead atoms. The van der Waals surface area contributed by atoms with Crippen molar-refractivity contribution in [1.82, 2.24) is 19.7 Å². The first-order valence-electron chi connectivity index (χ1n) is 10.6. The first-order chi connectivity index (χ1) is 14.2. The second-order valence-electron chi connectivity index (χ2n) is 8.92. The molecule has 3 aromatic rings. The predicted octanol–water partition coefficient (Wildman–Crippen LogP) is 4.28. The fraction of sp³-hybridized carbons (Fsp3) is 0.478. The molecule has 1 spiro atoms. The number of hydrogen-bond acceptors (Lipinski definition) is 5. The van der Waals surface area contributed by atoms with Gasteiger partial charge in [-0.15, -0.1) is 0 Å². The molecule has 0 aliphatic heterocycles. The molecule has 2 aromatic heterocycles. The first-order valence-corrected chi connectivity index (χ1v) is 10.6. The molecule has 3 aliphatic carbocycles. The van der Waals surface area contributed by atoms with Crippen LogP contribution in [0.15, 0.2) is 36.7 Å². The third kappa shape index (κ3) is 2.54. The van der Waals surface area contributed by atoms with E-state index in [0.717, 1.165) is 34.4 Å². The van der Waals surface area contributed by atoms with Crippen LogP contribution in [0.2, 0.25) is 0 Å². The highest BCUT2D eigenvalue weighted by atomic mass is 16.5. The molecule has 0 radical (unpaired) electrons. The molecule has 3 fully saturated rings. The number of carbonyl (C=O) groups is 1. The van der Waals surface area contributed by atoms with Crippen LogP contribution in [0.3, 0.4) is 0 Å². The molecule has 0 N–H and O–H groups in total. The van der Waals surface area contributed by atoms with E-state index in [1.807, 2.05) is 30.5 Å². The van der Waals surface area contributed by atoms with Crippen molar-refractivity contribution >= 4 is 17.0 Å². The van der Waals surface area contributed by atoms with Gasteiger partial charge in [0.05, 0.1) is 47.7 Å². The lowest BCUT2D eigenvalue weighted by atomic mass is 9.48. The van der Waals surface area contributed by atoms with Crippen LogP contribution in [0.25, 0.3) is 22.3 Å². The summed E-state index contributed by atoms with van der Waals surface area (Å²) in [6.07, 6.45) is 10.8. The van der Waals surface area contributed by atoms with Crippen molar-refractivity contribution in [2.75, 3.05) is 7.11 Å². The standard InChI is InChI=1S/C23H24N4O2/c1-29-22(28)15-11-23(9-4-10-23)21(15)27-13-16(20(26-27)14-7-8-14)19-12-24-17-5-2-3-6-18(17)25-19/h2-3,5-6,12-15,21H,4,7-11H2,1H3. The molecule has 2 atom stereocenters. The van der Waals surface area contributed by atoms with Crippen LogP contribution in [0.1, 0.15) is 56.2 Å². The van der Waals surface area contributed by atoms with E-state index in [1.165, 1.54) is 39.2 Å². The number of fused-ring (bicyclic) bond motifs is 1. The molecule has 0 saturated heterocycles. The Hall–Kier alpha value is -2.76. The Bertz CT molecular complexity index is 1110. The number of aromatic nitrogens is 4. The van der Waals surface area contributed by atoms with Crippen molar-refractivity contribution < 1.29 is 9.53 Å². The highest BCUT2D eigenvalue weighted by Gasteiger charge is 2.61. The Morgan fingerprint density at radius 3 is 2.69 bits per heavy atom. The summed E-state index contributed by atoms with van der Waals surface area (Å²) in [7, 11) is 1.49. The number of para-hydroxylation sites is 2. The quantitative estimate of drug-likeness (QED) is 0.624. The maximum Gasteiger partial charge on any atom is 0.310 e. The molecular weight excluding hydrogens is 364 g/mol. The van der Waals surface area contributed by atoms with Crippen molar-refractivity contribution in [3.05, 3.63) is 42.4 Å². The SMILES string of the molecule is COC(=O)C1CC2(CCC2)C1n1cc(-c2cnc3ccccc3n2)c(C2CC2)n1. The molecule has 148 valence electrons. The van der Waals surface area contributed by atoms with E-state index in [1.54, 1.807) is 0 Å². The normalized spacial score (nSPS) is 24.9. The lowest BCUT2D eigenvalue weighted by Crippen LogP contribution is -2.56. The number of rotatable bonds is 4. The molecule has 3 aliphatic rings. The summed E-state index contributed by atoms with van der Waals surface area (Å²) in [6.45, 7) is 0. The largest absolute Gasteiger partial charge is 0.469 e. The first kappa shape index (κ1) is 17.1. The fourth-order valence-electron chi connectivity index (χ4n) is 5.39. The second-order valence-corrected chi connectivity index (χ2v) is 8.92. The Morgan fingerprint density at radius 2 is 2.00 bits per heavy atom. The molecule has 6 rings (SSSR count). The molecular formula is C23H24N4O2. The van der Waals surface area contributed by atoms with Gasteiger partial charge in [0.2, 0.25) is 0 Å². The topological polar surface area (TPSA) is 69.9 Å². The van der Waals surface area contributed by atoms with Crippen LogP contribution in [0.4, 0.5) is 0 Å². The van der Waals surface area contributed by atoms with Gasteiger partial charge in [-0.1, -0.05) is 18.6 Å². The Morgan fingerprint density at radius 1 is 1.21 bits per heavy atom. The lowest BCUT2D eigenvalue weighted by Gasteiger charge is -2.59. The number of methoxy groups -OCH3 is 1. The van der Waals surface area contributed by atoms with Gasteiger partial charge < -0.3 is 4.74 Å². The summed E-state index contributed by atoms with van der Waals surface area (Å²) in [5, 5.41) is 5.04. The van der Waals surface area contributed by atoms with E-state index in [0.29, 0.717) is 5.92 Å². The van der Waals surface area contributed by atoms with Gasteiger partial charge in [-0.05, 0) is 49.7 Å². The smallest absolute Gasteiger partial charge is 0.310 e. The van der Waals surface area contributed by atoms with E-state index >= 15 is 0 Å². The van der Waals surface area contributed by atoms with Crippen molar-refractivity contribution in [3.63, 3.8) is 0 Å². The molecule has 3 saturated carbocycles. The zero-order valence-corrected chi connectivity index (χ0v) is 16.5. The average molecular weight is 388 g/mol. The van der Waals surface area contributed by atoms with Crippen molar-refractivity contribution in [2.45, 2.75) is 50.5 Å². The number of ether oxygens (including phenoxy) is 1. The summed E-state index contributed by atoms with van der Waals surface area (Å²) in [5.74, 6) is 0.291. The molecule has 1 aromatic carbocycles. The van der Waals surface area contributed by atoms with Gasteiger partial charge in [-0.2, -0.15) is 5.10 Å². The van der Waals surface area contributed by atoms with Crippen LogP contribution >= 0.6 is 0 Å². The summed E-state index contributed by atoms with van der Waals surface area (Å²) in [5.41, 5.74) is 5.06. The summed E-state index contributed by atoms with van der Waals surface area (Å²) < 4.78 is 7.17. The Labute approximate surface area is 169 Å². The van der Waals surface area contributed by atoms with Gasteiger partial charge in [-0.25, -0.2) is 4.98 Å². The third-order valence-electron chi connectivity index (χ3n) is 7.22. The van der Waals surface area contributed by atoms with Crippen LogP contribution in [0.5, 0.6) is 0 Å². The Kier molecular flexibility index (Phi) is 3.61. The highest BCUT2D eigenvalue weighted by Crippen LogP contribution is 2.65. The van der Waals surface area contributed by atoms with E-state index in [-0.39, 0.29) is 23.3 Å². The maximum absolute atomic E-state index is 12.4. The average Bonchev–Trinajstić information content (AvgIpc) is 3.45. The van der Waals surface area contributed by atoms with E-state index in [4.69, 9.17) is 14.8 Å². The van der Waals surface area contributed by atoms with Crippen molar-refractivity contribution in [1.29, 1.82) is 0 Å². The summed E-state index contributed by atoms with van der Waals surface area (Å²) in [6, 6.07) is 8.04. The van der Waals surface area contributed by atoms with E-state index in [2.05, 4.69) is 15.9 Å². The minimum absolute atomic E-state index is 0.0946. The molecule has 6 nitrogen and oxygen atoms in total. The maximum atomic E-state index is 12.4. The number of carbonyl (C=O) groups excluding carboxylic acids is 1. The number of hydrogen-bond donors (Lipinski definition) is 0. The van der Waals surface area contributed by atoms with Gasteiger partial charge in [0.15, 0.2) is 0 Å². The highest BCUT2D eigenvalue weighted by molar-refractivity contribution is 5.77. The number of nitrogens with zero attached hydrogens (tertiary/aromatic N) is 4. The van der Waals surface area contributed by atoms with Crippen LogP contribution in [-0.4, -0.2) is 32.8 Å². The third-order valence-corrected chi connectivity index (χ3v) is 7.22. The second kappa shape index (κ2) is 6.12. The van der Waals surface area contributed by atoms with Crippen molar-refractivity contribution in [3.8, 4) is 11.3 Å². The zero-order chi connectivity index (χ0) is 19.6. The van der Waals surface area contributed by atoms with Gasteiger partial charge in [0, 0.05) is 17.7 Å². The monoisotopic (exact) mass is 388 g/mol. The minimum Gasteiger partial charge on any atom is -0.469 e. The zero-order valence-electron chi connectivity index (χ0n) is 16.5. The lowest BCUT2D eigenvalue weighted by molar-refractivity contribution is -0.170. The molecule has 2 unspecified atom stereocenters. The van der Waals surface area contributed by atoms with E-state index < -0.39 is 0 Å². The summed E-state index contributed by atoms with van der Waals surface area (Å²) in [4.78, 5) is 21.8. The Balaban J connectivity index is 1.44. The van der Waals surface area contributed by atoms with E-state index in [9.17, 15) is 4.79 Å². The van der Waals surface area contributed by atoms with Crippen LogP contribution in [0, 0.1) is 11.3 Å². The molecule has 2 heterocycles. The fourth-order valence-corrected chi connectivity index (χ4v) is 5.39. The van der Waals surface area contributed by atoms with Gasteiger partial charge in [0.1, 0.15) is 0 Å². The van der Waals surface area contributed by atoms with Crippen LogP contribution in [-0.2, 0) is 9.53 Å². The van der Waals surface area contributed by atoms with Gasteiger partial charge in [0.25, 0.3) is 0 Å². The van der Waals surface area contributed by atoms with Crippen LogP contribution < -0.4 is 0 Å².